The zero-order valence-corrected chi connectivity index (χ0v) is 19.2. The summed E-state index contributed by atoms with van der Waals surface area (Å²) in [7, 11) is 3.16. The van der Waals surface area contributed by atoms with Gasteiger partial charge in [0.05, 0.1) is 5.56 Å². The highest BCUT2D eigenvalue weighted by atomic mass is 16.3. The molecule has 0 aliphatic carbocycles. The molecule has 1 aromatic carbocycles. The van der Waals surface area contributed by atoms with Crippen LogP contribution in [-0.2, 0) is 0 Å². The van der Waals surface area contributed by atoms with Crippen LogP contribution in [0.3, 0.4) is 0 Å². The predicted octanol–water partition coefficient (Wildman–Crippen LogP) is 1.23. The summed E-state index contributed by atoms with van der Waals surface area (Å²) >= 11 is 0. The molecule has 174 valence electrons. The molecule has 0 fully saturated rings. The van der Waals surface area contributed by atoms with E-state index < -0.39 is 0 Å². The van der Waals surface area contributed by atoms with E-state index in [1.165, 1.54) is 16.8 Å². The molecule has 1 aromatic heterocycles. The molecule has 0 unspecified atom stereocenters. The van der Waals surface area contributed by atoms with E-state index in [9.17, 15) is 4.79 Å². The van der Waals surface area contributed by atoms with Gasteiger partial charge in [0, 0.05) is 38.1 Å². The molecule has 1 amide bonds. The van der Waals surface area contributed by atoms with Crippen LogP contribution in [0.25, 0.3) is 0 Å². The van der Waals surface area contributed by atoms with Crippen molar-refractivity contribution in [1.82, 2.24) is 20.3 Å². The SMILES string of the molecule is C/C=C(\C)CCO.CNC(=O)c1ccc(Nc2ncc(/C(=N/N)N(C)N)c(N)n2)cc1C. The number of carbonyl (C=O) groups is 1. The molecule has 0 saturated carbocycles. The lowest BCUT2D eigenvalue weighted by Gasteiger charge is -2.15. The van der Waals surface area contributed by atoms with E-state index in [0.29, 0.717) is 17.1 Å². The Morgan fingerprint density at radius 1 is 1.34 bits per heavy atom. The normalized spacial score (nSPS) is 11.3. The van der Waals surface area contributed by atoms with Crippen molar-refractivity contribution in [3.63, 3.8) is 0 Å². The number of hydrazone groups is 1. The smallest absolute Gasteiger partial charge is 0.251 e. The van der Waals surface area contributed by atoms with Crippen molar-refractivity contribution in [3.05, 3.63) is 52.7 Å². The van der Waals surface area contributed by atoms with Crippen molar-refractivity contribution >= 4 is 29.2 Å². The van der Waals surface area contributed by atoms with E-state index in [4.69, 9.17) is 22.5 Å². The van der Waals surface area contributed by atoms with Crippen LogP contribution >= 0.6 is 0 Å². The zero-order valence-electron chi connectivity index (χ0n) is 19.2. The van der Waals surface area contributed by atoms with Crippen molar-refractivity contribution in [2.24, 2.45) is 16.8 Å². The third-order valence-corrected chi connectivity index (χ3v) is 4.47. The molecule has 0 aliphatic heterocycles. The van der Waals surface area contributed by atoms with Gasteiger partial charge in [-0.15, -0.1) is 0 Å². The number of allylic oxidation sites excluding steroid dienone is 1. The summed E-state index contributed by atoms with van der Waals surface area (Å²) in [5.41, 5.74) is 9.75. The van der Waals surface area contributed by atoms with Crippen LogP contribution in [0.4, 0.5) is 17.5 Å². The molecule has 32 heavy (non-hydrogen) atoms. The predicted molar refractivity (Wildman–Crippen MR) is 128 cm³/mol. The van der Waals surface area contributed by atoms with E-state index in [0.717, 1.165) is 17.7 Å². The maximum Gasteiger partial charge on any atom is 0.251 e. The van der Waals surface area contributed by atoms with Crippen LogP contribution in [0.1, 0.15) is 41.8 Å². The van der Waals surface area contributed by atoms with Crippen LogP contribution in [0, 0.1) is 6.92 Å². The van der Waals surface area contributed by atoms with Gasteiger partial charge in [-0.2, -0.15) is 10.1 Å². The van der Waals surface area contributed by atoms with Crippen molar-refractivity contribution in [1.29, 1.82) is 0 Å². The number of nitrogens with two attached hydrogens (primary N) is 3. The third kappa shape index (κ3) is 7.52. The lowest BCUT2D eigenvalue weighted by Crippen LogP contribution is -2.35. The summed E-state index contributed by atoms with van der Waals surface area (Å²) in [6, 6.07) is 5.29. The molecule has 9 N–H and O–H groups in total. The Kier molecular flexibility index (Phi) is 10.6. The van der Waals surface area contributed by atoms with Crippen LogP contribution in [0.5, 0.6) is 0 Å². The minimum absolute atomic E-state index is 0.145. The number of hydrazine groups is 1. The number of hydrogen-bond donors (Lipinski definition) is 6. The fourth-order valence-corrected chi connectivity index (χ4v) is 2.56. The topological polar surface area (TPSA) is 181 Å². The monoisotopic (exact) mass is 443 g/mol. The standard InChI is InChI=1S/C15H21N9O.C6H12O/c1-8-6-9(4-5-10(8)14(25)19-2)21-15-20-7-11(12(16)22-15)13(23-17)24(3)18;1-3-6(2)4-5-7/h4-7H,17-18H2,1-3H3,(H,19,25)(H3,16,20,21,22);3,7H,4-5H2,1-2H3/b23-13-;6-3+. The number of nitrogens with zero attached hydrogens (tertiary/aromatic N) is 4. The maximum absolute atomic E-state index is 11.7. The van der Waals surface area contributed by atoms with Crippen LogP contribution in [0.2, 0.25) is 0 Å². The Morgan fingerprint density at radius 2 is 2.03 bits per heavy atom. The number of aliphatic hydroxyl groups excluding tert-OH is 1. The fourth-order valence-electron chi connectivity index (χ4n) is 2.56. The highest BCUT2D eigenvalue weighted by Crippen LogP contribution is 2.19. The Morgan fingerprint density at radius 3 is 2.47 bits per heavy atom. The third-order valence-electron chi connectivity index (χ3n) is 4.47. The Balaban J connectivity index is 0.000000633. The summed E-state index contributed by atoms with van der Waals surface area (Å²) in [4.78, 5) is 20.1. The maximum atomic E-state index is 11.7. The van der Waals surface area contributed by atoms with E-state index in [1.54, 1.807) is 26.2 Å². The summed E-state index contributed by atoms with van der Waals surface area (Å²) < 4.78 is 0. The first-order chi connectivity index (χ1) is 15.2. The second kappa shape index (κ2) is 12.9. The molecule has 0 radical (unpaired) electrons. The summed E-state index contributed by atoms with van der Waals surface area (Å²) in [5, 5.41) is 18.8. The van der Waals surface area contributed by atoms with Gasteiger partial charge in [-0.3, -0.25) is 9.80 Å². The molecule has 2 rings (SSSR count). The van der Waals surface area contributed by atoms with Crippen LogP contribution in [0.15, 0.2) is 41.1 Å². The van der Waals surface area contributed by atoms with E-state index in [2.05, 4.69) is 25.7 Å². The van der Waals surface area contributed by atoms with Gasteiger partial charge in [-0.1, -0.05) is 11.6 Å². The van der Waals surface area contributed by atoms with Gasteiger partial charge in [0.2, 0.25) is 5.95 Å². The van der Waals surface area contributed by atoms with Gasteiger partial charge in [-0.05, 0) is 51.0 Å². The number of aryl methyl sites for hydroxylation is 1. The van der Waals surface area contributed by atoms with Crippen molar-refractivity contribution in [2.45, 2.75) is 27.2 Å². The highest BCUT2D eigenvalue weighted by Gasteiger charge is 2.14. The van der Waals surface area contributed by atoms with Crippen molar-refractivity contribution in [2.75, 3.05) is 31.8 Å². The largest absolute Gasteiger partial charge is 0.396 e. The number of rotatable bonds is 6. The fraction of sp³-hybridized carbons (Fsp3) is 0.333. The van der Waals surface area contributed by atoms with Gasteiger partial charge >= 0.3 is 0 Å². The van der Waals surface area contributed by atoms with Gasteiger partial charge in [-0.25, -0.2) is 10.8 Å². The Labute approximate surface area is 188 Å². The molecule has 0 saturated heterocycles. The summed E-state index contributed by atoms with van der Waals surface area (Å²) in [6.45, 7) is 6.10. The molecular formula is C21H33N9O2. The Hall–Kier alpha value is -3.70. The lowest BCUT2D eigenvalue weighted by atomic mass is 10.1. The molecule has 11 nitrogen and oxygen atoms in total. The average Bonchev–Trinajstić information content (AvgIpc) is 2.75. The first-order valence-electron chi connectivity index (χ1n) is 9.90. The molecule has 0 aliphatic rings. The summed E-state index contributed by atoms with van der Waals surface area (Å²) in [5.74, 6) is 11.5. The highest BCUT2D eigenvalue weighted by molar-refractivity contribution is 6.01. The van der Waals surface area contributed by atoms with Crippen molar-refractivity contribution < 1.29 is 9.90 Å². The first-order valence-corrected chi connectivity index (χ1v) is 9.90. The molecule has 1 heterocycles. The molecule has 0 spiro atoms. The second-order valence-corrected chi connectivity index (χ2v) is 6.90. The van der Waals surface area contributed by atoms with Gasteiger partial charge < -0.3 is 27.3 Å². The van der Waals surface area contributed by atoms with Crippen LogP contribution in [-0.4, -0.2) is 52.5 Å². The minimum Gasteiger partial charge on any atom is -0.396 e. The first kappa shape index (κ1) is 26.3. The molecular weight excluding hydrogens is 410 g/mol. The number of amidine groups is 1. The van der Waals surface area contributed by atoms with E-state index in [1.807, 2.05) is 32.9 Å². The summed E-state index contributed by atoms with van der Waals surface area (Å²) in [6.07, 6.45) is 4.30. The number of nitrogen functional groups attached to an aromatic ring is 1. The van der Waals surface area contributed by atoms with Gasteiger partial charge in [0.25, 0.3) is 5.91 Å². The van der Waals surface area contributed by atoms with E-state index >= 15 is 0 Å². The molecule has 11 heteroatoms. The molecule has 0 atom stereocenters. The number of carbonyl (C=O) groups excluding carboxylic acids is 1. The van der Waals surface area contributed by atoms with Crippen molar-refractivity contribution in [3.8, 4) is 0 Å². The number of benzene rings is 1. The Bertz CT molecular complexity index is 972. The van der Waals surface area contributed by atoms with Gasteiger partial charge in [0.15, 0.2) is 5.84 Å². The number of hydrogen-bond acceptors (Lipinski definition) is 9. The lowest BCUT2D eigenvalue weighted by molar-refractivity contribution is 0.0962. The number of nitrogens with one attached hydrogen (secondary N) is 2. The molecule has 2 aromatic rings. The van der Waals surface area contributed by atoms with E-state index in [-0.39, 0.29) is 24.2 Å². The number of aromatic nitrogens is 2. The number of anilines is 3. The van der Waals surface area contributed by atoms with Gasteiger partial charge in [0.1, 0.15) is 5.82 Å². The minimum atomic E-state index is -0.145. The molecule has 0 bridgehead atoms. The van der Waals surface area contributed by atoms with Crippen LogP contribution < -0.4 is 28.1 Å². The number of aliphatic hydroxyl groups is 1. The quantitative estimate of drug-likeness (QED) is 0.126. The second-order valence-electron chi connectivity index (χ2n) is 6.90. The zero-order chi connectivity index (χ0) is 24.3. The average molecular weight is 444 g/mol. The number of amides is 1.